The summed E-state index contributed by atoms with van der Waals surface area (Å²) in [5, 5.41) is 8.21. The number of allylic oxidation sites excluding steroid dienone is 1. The smallest absolute Gasteiger partial charge is 0.309 e. The van der Waals surface area contributed by atoms with E-state index in [0.717, 1.165) is 12.8 Å². The van der Waals surface area contributed by atoms with E-state index < -0.39 is 0 Å². The van der Waals surface area contributed by atoms with E-state index in [4.69, 9.17) is 17.4 Å². The van der Waals surface area contributed by atoms with Crippen molar-refractivity contribution >= 4 is 30.2 Å². The van der Waals surface area contributed by atoms with E-state index in [1.54, 1.807) is 6.08 Å². The molecule has 0 fully saturated rings. The number of unbranched alkanes of at least 4 members (excludes halogenated alkanes) is 1. The molecule has 0 aliphatic carbocycles. The molecule has 0 heterocycles. The molecule has 0 aromatic rings. The zero-order chi connectivity index (χ0) is 28.5. The highest BCUT2D eigenvalue weighted by atomic mass is 16.5. The molecule has 0 saturated heterocycles. The fraction of sp³-hybridized carbons (Fsp3) is 0.500. The molecule has 0 aromatic carbocycles. The molecule has 0 bridgehead atoms. The fourth-order valence-electron chi connectivity index (χ4n) is 1.44. The second-order valence-corrected chi connectivity index (χ2v) is 5.89. The lowest BCUT2D eigenvalue weighted by Crippen LogP contribution is -2.03. The Morgan fingerprint density at radius 3 is 1.64 bits per heavy atom. The van der Waals surface area contributed by atoms with Crippen LogP contribution < -0.4 is 5.73 Å². The summed E-state index contributed by atoms with van der Waals surface area (Å²) in [5.41, 5.74) is 5.20. The predicted molar refractivity (Wildman–Crippen MR) is 132 cm³/mol. The average Bonchev–Trinajstić information content (AvgIpc) is 2.89. The van der Waals surface area contributed by atoms with E-state index in [0.29, 0.717) is 19.3 Å². The Hall–Kier alpha value is -3.82. The van der Waals surface area contributed by atoms with E-state index in [-0.39, 0.29) is 49.7 Å². The number of aldehydes is 1. The van der Waals surface area contributed by atoms with Gasteiger partial charge in [0.15, 0.2) is 6.20 Å². The van der Waals surface area contributed by atoms with Crippen molar-refractivity contribution in [1.82, 2.24) is 0 Å². The summed E-state index contributed by atoms with van der Waals surface area (Å²) in [6.07, 6.45) is 11.9. The van der Waals surface area contributed by atoms with E-state index in [1.807, 2.05) is 0 Å². The maximum absolute atomic E-state index is 10.4. The molecular formula is C24H38N2O10. The van der Waals surface area contributed by atoms with Crippen molar-refractivity contribution in [3.05, 3.63) is 48.0 Å². The molecule has 0 aliphatic rings. The van der Waals surface area contributed by atoms with Crippen molar-refractivity contribution < 1.29 is 48.0 Å². The van der Waals surface area contributed by atoms with Crippen LogP contribution in [0.1, 0.15) is 38.5 Å². The number of nitrogens with zero attached hydrogens (tertiary/aromatic N) is 1. The SMILES string of the molecule is COC(=O)CC=CC=O.COC(=O)CC=CCO.COC(=O)CCCCN.[C-]#[N+]C=CCC(=O)OC. The zero-order valence-electron chi connectivity index (χ0n) is 21.3. The van der Waals surface area contributed by atoms with Crippen molar-refractivity contribution in [3.63, 3.8) is 0 Å². The van der Waals surface area contributed by atoms with Crippen LogP contribution >= 0.6 is 0 Å². The van der Waals surface area contributed by atoms with Gasteiger partial charge in [0, 0.05) is 6.42 Å². The average molecular weight is 515 g/mol. The molecule has 0 rings (SSSR count). The third kappa shape index (κ3) is 44.0. The molecule has 0 amide bonds. The summed E-state index contributed by atoms with van der Waals surface area (Å²) in [7, 11) is 5.34. The molecule has 0 spiro atoms. The Labute approximate surface area is 212 Å². The van der Waals surface area contributed by atoms with Crippen LogP contribution in [0.5, 0.6) is 0 Å². The molecule has 0 aliphatic heterocycles. The lowest BCUT2D eigenvalue weighted by atomic mass is 10.2. The molecule has 0 aromatic heterocycles. The third-order valence-corrected chi connectivity index (χ3v) is 3.27. The summed E-state index contributed by atoms with van der Waals surface area (Å²) in [4.78, 5) is 53.9. The highest BCUT2D eigenvalue weighted by molar-refractivity contribution is 5.73. The number of methoxy groups -OCH3 is 4. The highest BCUT2D eigenvalue weighted by Gasteiger charge is 1.96. The van der Waals surface area contributed by atoms with Crippen molar-refractivity contribution in [2.45, 2.75) is 38.5 Å². The molecule has 0 radical (unpaired) electrons. The highest BCUT2D eigenvalue weighted by Crippen LogP contribution is 1.94. The summed E-state index contributed by atoms with van der Waals surface area (Å²) in [5.74, 6) is -1.11. The van der Waals surface area contributed by atoms with Crippen LogP contribution in [-0.4, -0.2) is 76.9 Å². The van der Waals surface area contributed by atoms with Gasteiger partial charge in [-0.1, -0.05) is 24.3 Å². The monoisotopic (exact) mass is 514 g/mol. The number of aliphatic hydroxyl groups is 1. The largest absolute Gasteiger partial charge is 0.469 e. The summed E-state index contributed by atoms with van der Waals surface area (Å²) >= 11 is 0. The third-order valence-electron chi connectivity index (χ3n) is 3.27. The number of ether oxygens (including phenoxy) is 4. The fourth-order valence-corrected chi connectivity index (χ4v) is 1.44. The van der Waals surface area contributed by atoms with Gasteiger partial charge in [-0.15, -0.1) is 0 Å². The number of hydrogen-bond donors (Lipinski definition) is 2. The molecule has 0 saturated carbocycles. The van der Waals surface area contributed by atoms with E-state index >= 15 is 0 Å². The Morgan fingerprint density at radius 1 is 0.778 bits per heavy atom. The number of nitrogens with two attached hydrogens (primary N) is 1. The first-order chi connectivity index (χ1) is 17.2. The quantitative estimate of drug-likeness (QED) is 0.0737. The van der Waals surface area contributed by atoms with E-state index in [2.05, 4.69) is 23.8 Å². The minimum atomic E-state index is -0.340. The normalized spacial score (nSPS) is 9.36. The maximum Gasteiger partial charge on any atom is 0.309 e. The molecule has 12 heteroatoms. The van der Waals surface area contributed by atoms with Gasteiger partial charge >= 0.3 is 23.9 Å². The first-order valence-electron chi connectivity index (χ1n) is 10.6. The van der Waals surface area contributed by atoms with Crippen LogP contribution in [-0.2, 0) is 42.9 Å². The Balaban J connectivity index is -0.000000190. The molecule has 0 atom stereocenters. The first kappa shape index (κ1) is 39.4. The first-order valence-corrected chi connectivity index (χ1v) is 10.6. The Kier molecular flexibility index (Phi) is 39.1. The lowest BCUT2D eigenvalue weighted by Gasteiger charge is -1.95. The van der Waals surface area contributed by atoms with Crippen LogP contribution in [0.25, 0.3) is 4.85 Å². The van der Waals surface area contributed by atoms with Gasteiger partial charge in [-0.05, 0) is 25.5 Å². The van der Waals surface area contributed by atoms with Crippen molar-refractivity contribution in [2.24, 2.45) is 5.73 Å². The number of aliphatic hydroxyl groups excluding tert-OH is 1. The van der Waals surface area contributed by atoms with Gasteiger partial charge in [-0.25, -0.2) is 4.85 Å². The standard InChI is InChI=1S/C6H7NO2.C6H13NO2.C6H10O3.C6H8O3/c1-7-5-3-4-6(8)9-2;3*1-9-6(8)4-2-3-5-7/h3,5H,4H2,2H3;2-5,7H2,1H3;2-3,7H,4-5H2,1H3;2-3,5H,4H2,1H3. The summed E-state index contributed by atoms with van der Waals surface area (Å²) in [6, 6.07) is 0. The van der Waals surface area contributed by atoms with Gasteiger partial charge in [-0.2, -0.15) is 0 Å². The summed E-state index contributed by atoms with van der Waals surface area (Å²) in [6.45, 7) is 6.91. The van der Waals surface area contributed by atoms with Crippen LogP contribution in [0, 0.1) is 6.57 Å². The van der Waals surface area contributed by atoms with Gasteiger partial charge in [0.1, 0.15) is 6.29 Å². The maximum atomic E-state index is 10.4. The van der Waals surface area contributed by atoms with Gasteiger partial charge < -0.3 is 29.8 Å². The van der Waals surface area contributed by atoms with Crippen LogP contribution in [0.15, 0.2) is 36.6 Å². The molecule has 0 unspecified atom stereocenters. The van der Waals surface area contributed by atoms with Crippen molar-refractivity contribution in [3.8, 4) is 0 Å². The van der Waals surface area contributed by atoms with Crippen LogP contribution in [0.2, 0.25) is 0 Å². The minimum Gasteiger partial charge on any atom is -0.469 e. The van der Waals surface area contributed by atoms with Crippen molar-refractivity contribution in [1.29, 1.82) is 0 Å². The zero-order valence-corrected chi connectivity index (χ0v) is 21.3. The molecule has 36 heavy (non-hydrogen) atoms. The molecular weight excluding hydrogens is 476 g/mol. The Morgan fingerprint density at radius 2 is 1.25 bits per heavy atom. The van der Waals surface area contributed by atoms with Crippen molar-refractivity contribution in [2.75, 3.05) is 41.6 Å². The number of hydrogen-bond acceptors (Lipinski definition) is 11. The van der Waals surface area contributed by atoms with Gasteiger partial charge in [0.05, 0.1) is 60.9 Å². The number of esters is 4. The number of carbonyl (C=O) groups is 5. The van der Waals surface area contributed by atoms with E-state index in [1.165, 1.54) is 58.9 Å². The second-order valence-electron chi connectivity index (χ2n) is 5.89. The van der Waals surface area contributed by atoms with E-state index in [9.17, 15) is 24.0 Å². The number of carbonyl (C=O) groups excluding carboxylic acids is 5. The van der Waals surface area contributed by atoms with Gasteiger partial charge in [-0.3, -0.25) is 24.0 Å². The predicted octanol–water partition coefficient (Wildman–Crippen LogP) is 1.67. The van der Waals surface area contributed by atoms with Crippen LogP contribution in [0.3, 0.4) is 0 Å². The molecule has 204 valence electrons. The lowest BCUT2D eigenvalue weighted by molar-refractivity contribution is -0.141. The summed E-state index contributed by atoms with van der Waals surface area (Å²) < 4.78 is 17.3. The Bertz CT molecular complexity index is 710. The van der Waals surface area contributed by atoms with Crippen LogP contribution in [0.4, 0.5) is 0 Å². The van der Waals surface area contributed by atoms with Gasteiger partial charge in [0.25, 0.3) is 0 Å². The van der Waals surface area contributed by atoms with Gasteiger partial charge in [0.2, 0.25) is 0 Å². The topological polar surface area (TPSA) is 173 Å². The molecule has 3 N–H and O–H groups in total. The molecule has 12 nitrogen and oxygen atoms in total. The number of rotatable bonds is 12. The minimum absolute atomic E-state index is 0.0308. The second kappa shape index (κ2) is 35.8.